The highest BCUT2D eigenvalue weighted by Gasteiger charge is 2.41. The van der Waals surface area contributed by atoms with Gasteiger partial charge in [-0.15, -0.1) is 0 Å². The molecule has 1 aliphatic rings. The second-order valence-corrected chi connectivity index (χ2v) is 9.65. The van der Waals surface area contributed by atoms with Crippen LogP contribution in [0.5, 0.6) is 0 Å². The van der Waals surface area contributed by atoms with Gasteiger partial charge in [0.15, 0.2) is 0 Å². The second kappa shape index (κ2) is 13.2. The van der Waals surface area contributed by atoms with Crippen molar-refractivity contribution in [2.45, 2.75) is 70.8 Å². The first kappa shape index (κ1) is 31.7. The fraction of sp³-hybridized carbons (Fsp3) is 0.481. The Labute approximate surface area is 232 Å². The summed E-state index contributed by atoms with van der Waals surface area (Å²) in [4.78, 5) is 43.3. The first-order chi connectivity index (χ1) is 19.2. The lowest BCUT2D eigenvalue weighted by molar-refractivity contribution is -0.137. The quantitative estimate of drug-likeness (QED) is 0.169. The van der Waals surface area contributed by atoms with Gasteiger partial charge >= 0.3 is 24.4 Å². The number of imide groups is 1. The summed E-state index contributed by atoms with van der Waals surface area (Å²) in [5, 5.41) is 9.16. The topological polar surface area (TPSA) is 95.7 Å². The van der Waals surface area contributed by atoms with E-state index in [4.69, 9.17) is 5.11 Å². The zero-order valence-electron chi connectivity index (χ0n) is 22.3. The smallest absolute Gasteiger partial charge is 0.389 e. The van der Waals surface area contributed by atoms with Crippen molar-refractivity contribution in [2.75, 3.05) is 13.1 Å². The number of unbranched alkanes of at least 4 members (excludes halogenated alkanes) is 1. The Morgan fingerprint density at radius 1 is 0.927 bits per heavy atom. The monoisotopic (exact) mass is 588 g/mol. The Morgan fingerprint density at radius 2 is 1.51 bits per heavy atom. The minimum atomic E-state index is -4.50. The number of urea groups is 1. The Bertz CT molecular complexity index is 1270. The highest BCUT2D eigenvalue weighted by Crippen LogP contribution is 2.29. The van der Waals surface area contributed by atoms with E-state index in [1.54, 1.807) is 16.7 Å². The number of aromatic nitrogens is 2. The summed E-state index contributed by atoms with van der Waals surface area (Å²) < 4.78 is 78.1. The van der Waals surface area contributed by atoms with E-state index in [1.165, 1.54) is 24.4 Å². The predicted molar refractivity (Wildman–Crippen MR) is 136 cm³/mol. The molecule has 0 spiro atoms. The van der Waals surface area contributed by atoms with E-state index >= 15 is 0 Å². The number of aromatic carboxylic acids is 1. The van der Waals surface area contributed by atoms with E-state index in [2.05, 4.69) is 4.98 Å². The fourth-order valence-corrected chi connectivity index (χ4v) is 4.35. The molecule has 0 unspecified atom stereocenters. The van der Waals surface area contributed by atoms with Gasteiger partial charge in [0.2, 0.25) is 0 Å². The average Bonchev–Trinajstić information content (AvgIpc) is 3.35. The molecule has 14 heteroatoms. The van der Waals surface area contributed by atoms with Gasteiger partial charge in [-0.3, -0.25) is 14.6 Å². The molecule has 1 saturated heterocycles. The minimum Gasteiger partial charge on any atom is -0.478 e. The summed E-state index contributed by atoms with van der Waals surface area (Å²) in [6.07, 6.45) is -7.55. The molecule has 3 amide bonds. The minimum absolute atomic E-state index is 0.0862. The number of carboxylic acids is 1. The molecular weight excluding hydrogens is 558 g/mol. The molecule has 2 aromatic rings. The van der Waals surface area contributed by atoms with Gasteiger partial charge in [0.05, 0.1) is 17.5 Å². The zero-order valence-corrected chi connectivity index (χ0v) is 22.3. The van der Waals surface area contributed by atoms with Crippen molar-refractivity contribution in [1.29, 1.82) is 0 Å². The molecule has 0 radical (unpaired) electrons. The molecule has 0 aliphatic carbocycles. The van der Waals surface area contributed by atoms with Crippen LogP contribution in [0, 0.1) is 0 Å². The van der Waals surface area contributed by atoms with Crippen LogP contribution >= 0.6 is 0 Å². The normalized spacial score (nSPS) is 15.4. The van der Waals surface area contributed by atoms with Crippen LogP contribution in [-0.2, 0) is 17.8 Å². The average molecular weight is 589 g/mol. The predicted octanol–water partition coefficient (Wildman–Crippen LogP) is 6.26. The van der Waals surface area contributed by atoms with E-state index < -0.39 is 69.0 Å². The highest BCUT2D eigenvalue weighted by molar-refractivity contribution is 6.13. The van der Waals surface area contributed by atoms with Crippen molar-refractivity contribution < 1.29 is 45.8 Å². The summed E-state index contributed by atoms with van der Waals surface area (Å²) in [6, 6.07) is 5.10. The molecule has 41 heavy (non-hydrogen) atoms. The summed E-state index contributed by atoms with van der Waals surface area (Å²) in [7, 11) is 0. The Morgan fingerprint density at radius 3 is 2.05 bits per heavy atom. The van der Waals surface area contributed by atoms with Gasteiger partial charge in [0, 0.05) is 38.9 Å². The molecule has 3 rings (SSSR count). The fourth-order valence-electron chi connectivity index (χ4n) is 4.35. The van der Waals surface area contributed by atoms with E-state index in [9.17, 15) is 40.7 Å². The first-order valence-electron chi connectivity index (χ1n) is 13.1. The highest BCUT2D eigenvalue weighted by atomic mass is 19.4. The van der Waals surface area contributed by atoms with Crippen molar-refractivity contribution in [2.24, 2.45) is 0 Å². The standard InChI is InChI=1S/C27H30F6N4O4/c1-2-3-6-22-34-16-20(37(22)17-18-7-9-19(10-8-18)24(39)40)15-21-23(38)36(14-5-12-27(31,32)33)25(41)35(21)13-4-11-26(28,29)30/h7-10,15-16H,2-6,11-14,17H2,1H3,(H,39,40). The molecule has 0 bridgehead atoms. The summed E-state index contributed by atoms with van der Waals surface area (Å²) >= 11 is 0. The van der Waals surface area contributed by atoms with Crippen molar-refractivity contribution in [3.8, 4) is 0 Å². The Balaban J connectivity index is 1.96. The number of nitrogens with zero attached hydrogens (tertiary/aromatic N) is 4. The van der Waals surface area contributed by atoms with E-state index in [0.29, 0.717) is 28.4 Å². The largest absolute Gasteiger partial charge is 0.478 e. The molecule has 1 aromatic carbocycles. The number of carbonyl (C=O) groups excluding carboxylic acids is 2. The third-order valence-electron chi connectivity index (χ3n) is 6.45. The molecule has 1 N–H and O–H groups in total. The van der Waals surface area contributed by atoms with Gasteiger partial charge < -0.3 is 9.67 Å². The van der Waals surface area contributed by atoms with Crippen LogP contribution in [0.25, 0.3) is 6.08 Å². The van der Waals surface area contributed by atoms with Gasteiger partial charge in [-0.2, -0.15) is 26.3 Å². The molecule has 0 saturated carbocycles. The zero-order chi connectivity index (χ0) is 30.4. The summed E-state index contributed by atoms with van der Waals surface area (Å²) in [5.74, 6) is -1.37. The van der Waals surface area contributed by atoms with Crippen molar-refractivity contribution in [3.63, 3.8) is 0 Å². The number of carbonyl (C=O) groups is 3. The molecule has 0 atom stereocenters. The molecular formula is C27H30F6N4O4. The maximum Gasteiger partial charge on any atom is 0.389 e. The maximum atomic E-state index is 13.2. The number of aryl methyl sites for hydroxylation is 1. The third kappa shape index (κ3) is 8.82. The molecule has 224 valence electrons. The number of halogens is 6. The number of rotatable bonds is 13. The lowest BCUT2D eigenvalue weighted by Gasteiger charge is -2.18. The number of benzene rings is 1. The lowest BCUT2D eigenvalue weighted by atomic mass is 10.1. The number of amides is 3. The molecule has 2 heterocycles. The molecule has 1 aromatic heterocycles. The van der Waals surface area contributed by atoms with E-state index in [-0.39, 0.29) is 17.8 Å². The second-order valence-electron chi connectivity index (χ2n) is 9.65. The van der Waals surface area contributed by atoms with Crippen LogP contribution in [0.15, 0.2) is 36.2 Å². The molecule has 8 nitrogen and oxygen atoms in total. The van der Waals surface area contributed by atoms with Crippen LogP contribution in [0.1, 0.15) is 72.9 Å². The van der Waals surface area contributed by atoms with Gasteiger partial charge in [-0.25, -0.2) is 14.6 Å². The van der Waals surface area contributed by atoms with E-state index in [1.807, 2.05) is 6.92 Å². The third-order valence-corrected chi connectivity index (χ3v) is 6.45. The van der Waals surface area contributed by atoms with Crippen molar-refractivity contribution >= 4 is 24.0 Å². The summed E-state index contributed by atoms with van der Waals surface area (Å²) in [6.45, 7) is 1.19. The van der Waals surface area contributed by atoms with Gasteiger partial charge in [-0.1, -0.05) is 25.5 Å². The molecule has 1 fully saturated rings. The van der Waals surface area contributed by atoms with Crippen LogP contribution < -0.4 is 0 Å². The van der Waals surface area contributed by atoms with Gasteiger partial charge in [0.25, 0.3) is 5.91 Å². The van der Waals surface area contributed by atoms with Crippen LogP contribution in [-0.4, -0.2) is 67.8 Å². The Kier molecular flexibility index (Phi) is 10.2. The van der Waals surface area contributed by atoms with E-state index in [0.717, 1.165) is 17.7 Å². The SMILES string of the molecule is CCCCc1ncc(C=C2C(=O)N(CCCC(F)(F)F)C(=O)N2CCCC(F)(F)F)n1Cc1ccc(C(=O)O)cc1. The number of imidazole rings is 1. The van der Waals surface area contributed by atoms with Crippen molar-refractivity contribution in [1.82, 2.24) is 19.4 Å². The Hall–Kier alpha value is -3.84. The molecule has 1 aliphatic heterocycles. The van der Waals surface area contributed by atoms with Gasteiger partial charge in [0.1, 0.15) is 11.5 Å². The summed E-state index contributed by atoms with van der Waals surface area (Å²) in [5.41, 5.74) is 0.888. The van der Waals surface area contributed by atoms with Crippen LogP contribution in [0.2, 0.25) is 0 Å². The first-order valence-corrected chi connectivity index (χ1v) is 13.1. The van der Waals surface area contributed by atoms with Crippen molar-refractivity contribution in [3.05, 3.63) is 58.8 Å². The van der Waals surface area contributed by atoms with Crippen LogP contribution in [0.3, 0.4) is 0 Å². The maximum absolute atomic E-state index is 13.2. The number of hydrogen-bond donors (Lipinski definition) is 1. The lowest BCUT2D eigenvalue weighted by Crippen LogP contribution is -2.34. The number of alkyl halides is 6. The van der Waals surface area contributed by atoms with Crippen LogP contribution in [0.4, 0.5) is 31.1 Å². The number of carboxylic acid groups (broad SMARTS) is 1. The van der Waals surface area contributed by atoms with Gasteiger partial charge in [-0.05, 0) is 43.0 Å². The number of hydrogen-bond acceptors (Lipinski definition) is 4.